The van der Waals surface area contributed by atoms with E-state index in [2.05, 4.69) is 5.10 Å². The lowest BCUT2D eigenvalue weighted by Gasteiger charge is -2.05. The van der Waals surface area contributed by atoms with Crippen LogP contribution in [-0.4, -0.2) is 29.3 Å². The molecule has 6 nitrogen and oxygen atoms in total. The summed E-state index contributed by atoms with van der Waals surface area (Å²) in [7, 11) is 1.58. The van der Waals surface area contributed by atoms with Gasteiger partial charge in [-0.15, -0.1) is 0 Å². The summed E-state index contributed by atoms with van der Waals surface area (Å²) in [6, 6.07) is 3.24. The van der Waals surface area contributed by atoms with Crippen LogP contribution in [0.4, 0.5) is 0 Å². The van der Waals surface area contributed by atoms with Crippen molar-refractivity contribution >= 4 is 17.4 Å². The molecule has 0 atom stereocenters. The average Bonchev–Trinajstić information content (AvgIpc) is 3.02. The Morgan fingerprint density at radius 1 is 1.58 bits per heavy atom. The fourth-order valence-electron chi connectivity index (χ4n) is 1.66. The number of nitrogens with two attached hydrogens (primary N) is 1. The normalized spacial score (nSPS) is 10.9. The number of carbonyl (C=O) groups is 1. The Morgan fingerprint density at radius 2 is 2.37 bits per heavy atom. The smallest absolute Gasteiger partial charge is 0.247 e. The van der Waals surface area contributed by atoms with E-state index in [1.807, 2.05) is 0 Å². The number of methoxy groups -OCH3 is 1. The molecule has 0 aromatic carbocycles. The van der Waals surface area contributed by atoms with Crippen molar-refractivity contribution in [1.82, 2.24) is 9.78 Å². The van der Waals surface area contributed by atoms with Gasteiger partial charge < -0.3 is 14.9 Å². The Bertz CT molecular complexity index is 577. The van der Waals surface area contributed by atoms with Crippen molar-refractivity contribution in [1.29, 1.82) is 0 Å². The number of aromatic nitrogens is 2. The van der Waals surface area contributed by atoms with Gasteiger partial charge in [-0.1, -0.05) is 11.6 Å². The number of hydrogen-bond donors (Lipinski definition) is 1. The molecule has 0 amide bonds. The topological polar surface area (TPSA) is 83.3 Å². The molecule has 0 unspecified atom stereocenters. The van der Waals surface area contributed by atoms with Crippen molar-refractivity contribution in [3.8, 4) is 0 Å². The van der Waals surface area contributed by atoms with Crippen molar-refractivity contribution in [3.63, 3.8) is 0 Å². The average molecular weight is 284 g/mol. The van der Waals surface area contributed by atoms with Gasteiger partial charge in [0, 0.05) is 7.11 Å². The van der Waals surface area contributed by atoms with Crippen molar-refractivity contribution in [2.45, 2.75) is 13.1 Å². The first-order chi connectivity index (χ1) is 9.17. The van der Waals surface area contributed by atoms with Crippen molar-refractivity contribution in [3.05, 3.63) is 40.6 Å². The lowest BCUT2D eigenvalue weighted by molar-refractivity contribution is 0.0994. The van der Waals surface area contributed by atoms with Gasteiger partial charge in [-0.3, -0.25) is 9.48 Å². The maximum absolute atomic E-state index is 12.3. The maximum atomic E-state index is 12.3. The largest absolute Gasteiger partial charge is 0.456 e. The fourth-order valence-corrected chi connectivity index (χ4v) is 1.89. The molecule has 0 saturated heterocycles. The zero-order chi connectivity index (χ0) is 13.8. The Morgan fingerprint density at radius 3 is 3.00 bits per heavy atom. The van der Waals surface area contributed by atoms with Crippen molar-refractivity contribution < 1.29 is 13.9 Å². The highest BCUT2D eigenvalue weighted by atomic mass is 35.5. The van der Waals surface area contributed by atoms with E-state index in [0.717, 1.165) is 0 Å². The third-order valence-corrected chi connectivity index (χ3v) is 2.88. The molecule has 0 radical (unpaired) electrons. The van der Waals surface area contributed by atoms with Gasteiger partial charge >= 0.3 is 0 Å². The molecule has 2 N–H and O–H groups in total. The summed E-state index contributed by atoms with van der Waals surface area (Å²) in [5.74, 6) is 0.419. The van der Waals surface area contributed by atoms with Gasteiger partial charge in [-0.2, -0.15) is 5.10 Å². The number of hydrogen-bond acceptors (Lipinski definition) is 5. The number of ketones is 1. The molecule has 102 valence electrons. The summed E-state index contributed by atoms with van der Waals surface area (Å²) >= 11 is 6.00. The van der Waals surface area contributed by atoms with Crippen LogP contribution < -0.4 is 5.73 Å². The maximum Gasteiger partial charge on any atom is 0.247 e. The fraction of sp³-hybridized carbons (Fsp3) is 0.333. The van der Waals surface area contributed by atoms with E-state index in [1.165, 1.54) is 10.9 Å². The number of rotatable bonds is 6. The van der Waals surface area contributed by atoms with Crippen LogP contribution in [0.25, 0.3) is 0 Å². The highest BCUT2D eigenvalue weighted by Gasteiger charge is 2.21. The summed E-state index contributed by atoms with van der Waals surface area (Å²) in [6.45, 7) is 1.11. The van der Waals surface area contributed by atoms with E-state index < -0.39 is 0 Å². The van der Waals surface area contributed by atoms with Crippen LogP contribution in [0, 0.1) is 0 Å². The van der Waals surface area contributed by atoms with Crippen molar-refractivity contribution in [2.24, 2.45) is 5.73 Å². The number of carbonyl (C=O) groups excluding carboxylic acids is 1. The van der Waals surface area contributed by atoms with Crippen LogP contribution in [0.3, 0.4) is 0 Å². The van der Waals surface area contributed by atoms with E-state index in [0.29, 0.717) is 18.9 Å². The second-order valence-electron chi connectivity index (χ2n) is 3.86. The van der Waals surface area contributed by atoms with Gasteiger partial charge in [-0.25, -0.2) is 0 Å². The number of ether oxygens (including phenoxy) is 1. The monoisotopic (exact) mass is 283 g/mol. The predicted molar refractivity (Wildman–Crippen MR) is 69.1 cm³/mol. The standard InChI is InChI=1S/C12H14ClN3O3/c1-18-5-4-16-11(9(13)7-15-16)12(17)10-3-2-8(6-14)19-10/h2-3,7H,4-6,14H2,1H3. The summed E-state index contributed by atoms with van der Waals surface area (Å²) in [5.41, 5.74) is 5.73. The van der Waals surface area contributed by atoms with Crippen LogP contribution in [0.5, 0.6) is 0 Å². The quantitative estimate of drug-likeness (QED) is 0.812. The molecule has 2 aromatic heterocycles. The van der Waals surface area contributed by atoms with E-state index in [-0.39, 0.29) is 28.8 Å². The third kappa shape index (κ3) is 2.86. The zero-order valence-corrected chi connectivity index (χ0v) is 11.2. The molecule has 0 spiro atoms. The van der Waals surface area contributed by atoms with Gasteiger partial charge in [0.1, 0.15) is 11.5 Å². The minimum absolute atomic E-state index is 0.196. The molecule has 0 saturated carbocycles. The Labute approximate surface area is 115 Å². The lowest BCUT2D eigenvalue weighted by Crippen LogP contribution is -2.14. The number of halogens is 1. The van der Waals surface area contributed by atoms with Crippen LogP contribution in [0.2, 0.25) is 5.02 Å². The molecule has 2 aromatic rings. The van der Waals surface area contributed by atoms with Gasteiger partial charge in [0.2, 0.25) is 5.78 Å². The number of nitrogens with zero attached hydrogens (tertiary/aromatic N) is 2. The Kier molecular flexibility index (Phi) is 4.36. The summed E-state index contributed by atoms with van der Waals surface area (Å²) < 4.78 is 11.8. The van der Waals surface area contributed by atoms with Crippen LogP contribution in [-0.2, 0) is 17.8 Å². The second-order valence-corrected chi connectivity index (χ2v) is 4.26. The first kappa shape index (κ1) is 13.8. The molecule has 0 aliphatic heterocycles. The molecule has 19 heavy (non-hydrogen) atoms. The molecular formula is C12H14ClN3O3. The van der Waals surface area contributed by atoms with Gasteiger partial charge in [0.15, 0.2) is 5.76 Å². The first-order valence-electron chi connectivity index (χ1n) is 5.71. The van der Waals surface area contributed by atoms with Crippen molar-refractivity contribution in [2.75, 3.05) is 13.7 Å². The molecule has 0 bridgehead atoms. The first-order valence-corrected chi connectivity index (χ1v) is 6.09. The van der Waals surface area contributed by atoms with Gasteiger partial charge in [0.05, 0.1) is 30.9 Å². The minimum Gasteiger partial charge on any atom is -0.456 e. The molecule has 0 aliphatic carbocycles. The predicted octanol–water partition coefficient (Wildman–Crippen LogP) is 1.47. The van der Waals surface area contributed by atoms with E-state index in [4.69, 9.17) is 26.5 Å². The summed E-state index contributed by atoms with van der Waals surface area (Å²) in [5, 5.41) is 4.33. The molecule has 2 heterocycles. The molecule has 0 fully saturated rings. The number of furan rings is 1. The van der Waals surface area contributed by atoms with Crippen LogP contribution in [0.1, 0.15) is 22.0 Å². The Hall–Kier alpha value is -1.63. The van der Waals surface area contributed by atoms with Gasteiger partial charge in [0.25, 0.3) is 0 Å². The summed E-state index contributed by atoms with van der Waals surface area (Å²) in [6.07, 6.45) is 1.43. The zero-order valence-electron chi connectivity index (χ0n) is 10.4. The van der Waals surface area contributed by atoms with E-state index in [1.54, 1.807) is 19.2 Å². The Balaban J connectivity index is 2.29. The van der Waals surface area contributed by atoms with E-state index >= 15 is 0 Å². The van der Waals surface area contributed by atoms with Gasteiger partial charge in [-0.05, 0) is 12.1 Å². The molecule has 2 rings (SSSR count). The highest BCUT2D eigenvalue weighted by molar-refractivity contribution is 6.34. The molecule has 7 heteroatoms. The summed E-state index contributed by atoms with van der Waals surface area (Å²) in [4.78, 5) is 12.3. The van der Waals surface area contributed by atoms with Crippen LogP contribution in [0.15, 0.2) is 22.7 Å². The second kappa shape index (κ2) is 6.01. The van der Waals surface area contributed by atoms with E-state index in [9.17, 15) is 4.79 Å². The highest BCUT2D eigenvalue weighted by Crippen LogP contribution is 2.20. The molecule has 0 aliphatic rings. The molecular weight excluding hydrogens is 270 g/mol. The minimum atomic E-state index is -0.321. The van der Waals surface area contributed by atoms with Crippen LogP contribution >= 0.6 is 11.6 Å². The third-order valence-electron chi connectivity index (χ3n) is 2.60. The SMILES string of the molecule is COCCn1ncc(Cl)c1C(=O)c1ccc(CN)o1. The lowest BCUT2D eigenvalue weighted by atomic mass is 10.2.